The summed E-state index contributed by atoms with van der Waals surface area (Å²) in [6.07, 6.45) is 0. The van der Waals surface area contributed by atoms with E-state index in [-0.39, 0.29) is 4.90 Å². The summed E-state index contributed by atoms with van der Waals surface area (Å²) < 4.78 is 46.5. The lowest BCUT2D eigenvalue weighted by Crippen LogP contribution is -2.42. The number of carbonyl (C=O) groups excluding carboxylic acids is 1. The van der Waals surface area contributed by atoms with Gasteiger partial charge in [0.15, 0.2) is 0 Å². The van der Waals surface area contributed by atoms with Crippen LogP contribution >= 0.6 is 7.60 Å². The molecule has 1 aliphatic heterocycles. The Kier molecular flexibility index (Phi) is 4.87. The van der Waals surface area contributed by atoms with Crippen molar-refractivity contribution in [2.45, 2.75) is 10.2 Å². The van der Waals surface area contributed by atoms with Crippen molar-refractivity contribution in [3.63, 3.8) is 0 Å². The van der Waals surface area contributed by atoms with Gasteiger partial charge in [-0.1, -0.05) is 18.2 Å². The van der Waals surface area contributed by atoms with E-state index in [0.717, 1.165) is 0 Å². The zero-order valence-electron chi connectivity index (χ0n) is 14.5. The summed E-state index contributed by atoms with van der Waals surface area (Å²) in [6.45, 7) is 0. The minimum Gasteiger partial charge on any atom is -0.358 e. The van der Waals surface area contributed by atoms with Gasteiger partial charge in [0.2, 0.25) is 15.3 Å². The largest absolute Gasteiger partial charge is 0.369 e. The molecule has 144 valence electrons. The molecule has 0 saturated heterocycles. The summed E-state index contributed by atoms with van der Waals surface area (Å²) in [4.78, 5) is 12.8. The van der Waals surface area contributed by atoms with Crippen molar-refractivity contribution in [3.05, 3.63) is 54.1 Å². The molecule has 9 nitrogen and oxygen atoms in total. The lowest BCUT2D eigenvalue weighted by atomic mass is 10.1. The molecule has 11 heteroatoms. The molecule has 1 aliphatic rings. The second kappa shape index (κ2) is 6.74. The van der Waals surface area contributed by atoms with Gasteiger partial charge in [-0.05, 0) is 30.3 Å². The minimum atomic E-state index is -4.02. The van der Waals surface area contributed by atoms with Crippen LogP contribution in [0, 0.1) is 0 Å². The van der Waals surface area contributed by atoms with Crippen molar-refractivity contribution in [1.82, 2.24) is 0 Å². The third-order valence-electron chi connectivity index (χ3n) is 4.29. The van der Waals surface area contributed by atoms with Crippen LogP contribution in [-0.4, -0.2) is 28.5 Å². The number of sulfonamides is 1. The highest BCUT2D eigenvalue weighted by Gasteiger charge is 2.62. The van der Waals surface area contributed by atoms with Crippen LogP contribution in [0.3, 0.4) is 0 Å². The molecule has 3 rings (SSSR count). The van der Waals surface area contributed by atoms with Crippen molar-refractivity contribution in [2.24, 2.45) is 5.14 Å². The van der Waals surface area contributed by atoms with Gasteiger partial charge in [0, 0.05) is 31.2 Å². The Morgan fingerprint density at radius 3 is 2.22 bits per heavy atom. The van der Waals surface area contributed by atoms with Crippen LogP contribution in [-0.2, 0) is 33.7 Å². The molecule has 0 aromatic heterocycles. The Balaban J connectivity index is 2.16. The molecular weight excluding hydrogens is 393 g/mol. The number of para-hydroxylation sites is 1. The van der Waals surface area contributed by atoms with Crippen molar-refractivity contribution in [1.29, 1.82) is 0 Å². The monoisotopic (exact) mass is 411 g/mol. The summed E-state index contributed by atoms with van der Waals surface area (Å²) in [5, 5.41) is 8.84. The fourth-order valence-corrected chi connectivity index (χ4v) is 5.27. The molecule has 0 aliphatic carbocycles. The van der Waals surface area contributed by atoms with Gasteiger partial charge in [-0.3, -0.25) is 9.36 Å². The first-order chi connectivity index (χ1) is 12.7. The number of hydrogen-bond acceptors (Lipinski definition) is 7. The Morgan fingerprint density at radius 2 is 1.67 bits per heavy atom. The predicted molar refractivity (Wildman–Crippen MR) is 99.8 cm³/mol. The summed E-state index contributed by atoms with van der Waals surface area (Å²) in [7, 11) is -5.52. The van der Waals surface area contributed by atoms with E-state index in [1.807, 2.05) is 0 Å². The number of amides is 1. The molecule has 0 spiro atoms. The molecule has 4 N–H and O–H groups in total. The molecule has 1 atom stereocenters. The normalized spacial score (nSPS) is 19.4. The Morgan fingerprint density at radius 1 is 1.07 bits per heavy atom. The van der Waals surface area contributed by atoms with E-state index in [1.54, 1.807) is 24.3 Å². The van der Waals surface area contributed by atoms with Crippen LogP contribution < -0.4 is 15.8 Å². The first kappa shape index (κ1) is 19.5. The van der Waals surface area contributed by atoms with Gasteiger partial charge < -0.3 is 19.7 Å². The Hall–Kier alpha value is -2.23. The van der Waals surface area contributed by atoms with Crippen LogP contribution in [0.1, 0.15) is 5.56 Å². The number of hydrogen-bond donors (Lipinski definition) is 3. The lowest BCUT2D eigenvalue weighted by molar-refractivity contribution is -0.118. The third kappa shape index (κ3) is 3.05. The van der Waals surface area contributed by atoms with Crippen LogP contribution in [0.4, 0.5) is 11.4 Å². The van der Waals surface area contributed by atoms with E-state index >= 15 is 0 Å². The zero-order chi connectivity index (χ0) is 19.9. The Bertz CT molecular complexity index is 1030. The maximum Gasteiger partial charge on any atom is 0.369 e. The number of fused-ring (bicyclic) bond motifs is 1. The summed E-state index contributed by atoms with van der Waals surface area (Å²) >= 11 is 0. The zero-order valence-corrected chi connectivity index (χ0v) is 16.2. The number of carbonyl (C=O) groups is 1. The molecule has 2 aromatic rings. The van der Waals surface area contributed by atoms with E-state index in [4.69, 9.17) is 14.2 Å². The lowest BCUT2D eigenvalue weighted by Gasteiger charge is -2.34. The maximum atomic E-state index is 13.4. The summed E-state index contributed by atoms with van der Waals surface area (Å²) in [5.74, 6) is -0.619. The van der Waals surface area contributed by atoms with E-state index in [1.165, 1.54) is 38.5 Å². The number of primary sulfonamides is 1. The number of benzene rings is 2. The first-order valence-corrected chi connectivity index (χ1v) is 10.8. The molecule has 27 heavy (non-hydrogen) atoms. The smallest absolute Gasteiger partial charge is 0.358 e. The fourth-order valence-electron chi connectivity index (χ4n) is 2.99. The quantitative estimate of drug-likeness (QED) is 0.619. The van der Waals surface area contributed by atoms with Crippen LogP contribution in [0.5, 0.6) is 0 Å². The van der Waals surface area contributed by atoms with Crippen molar-refractivity contribution in [2.75, 3.05) is 24.9 Å². The highest BCUT2D eigenvalue weighted by atomic mass is 32.2. The molecule has 1 amide bonds. The molecule has 1 unspecified atom stereocenters. The number of nitrogens with two attached hydrogens (primary N) is 1. The predicted octanol–water partition coefficient (Wildman–Crippen LogP) is 2.04. The van der Waals surface area contributed by atoms with E-state index in [9.17, 15) is 17.8 Å². The molecule has 0 radical (unpaired) electrons. The van der Waals surface area contributed by atoms with E-state index in [2.05, 4.69) is 10.6 Å². The first-order valence-electron chi connectivity index (χ1n) is 7.71. The third-order valence-corrected chi connectivity index (χ3v) is 7.56. The highest BCUT2D eigenvalue weighted by Crippen LogP contribution is 2.67. The van der Waals surface area contributed by atoms with Crippen molar-refractivity contribution in [3.8, 4) is 0 Å². The summed E-state index contributed by atoms with van der Waals surface area (Å²) in [6, 6.07) is 12.1. The number of nitrogens with one attached hydrogen (secondary N) is 2. The topological polar surface area (TPSA) is 137 Å². The highest BCUT2D eigenvalue weighted by molar-refractivity contribution is 7.89. The molecule has 2 aromatic carbocycles. The van der Waals surface area contributed by atoms with Crippen molar-refractivity contribution < 1.29 is 26.8 Å². The van der Waals surface area contributed by atoms with Crippen LogP contribution in [0.25, 0.3) is 0 Å². The SMILES string of the molecule is COP(=O)(OC)C1(Nc2ccc(S(N)(=O)=O)cc2)C(=O)Nc2ccccc21. The van der Waals surface area contributed by atoms with Crippen molar-refractivity contribution >= 4 is 34.9 Å². The minimum absolute atomic E-state index is 0.0972. The second-order valence-electron chi connectivity index (χ2n) is 5.77. The molecular formula is C16H18N3O6PS. The molecule has 0 saturated carbocycles. The molecule has 0 bridgehead atoms. The van der Waals surface area contributed by atoms with Crippen LogP contribution in [0.15, 0.2) is 53.4 Å². The van der Waals surface area contributed by atoms with Gasteiger partial charge in [-0.25, -0.2) is 13.6 Å². The van der Waals surface area contributed by atoms with Gasteiger partial charge in [0.25, 0.3) is 5.91 Å². The van der Waals surface area contributed by atoms with E-state index in [0.29, 0.717) is 16.9 Å². The molecule has 1 heterocycles. The average molecular weight is 411 g/mol. The number of anilines is 2. The second-order valence-corrected chi connectivity index (χ2v) is 9.72. The fraction of sp³-hybridized carbons (Fsp3) is 0.188. The Labute approximate surface area is 156 Å². The summed E-state index contributed by atoms with van der Waals surface area (Å²) in [5.41, 5.74) is 1.17. The standard InChI is InChI=1S/C16H18N3O6PS/c1-24-26(21,25-2)16(13-5-3-4-6-14(13)18-15(16)20)19-11-7-9-12(10-8-11)27(17,22)23/h3-10,19H,1-2H3,(H,18,20)(H2,17,22,23). The van der Waals surface area contributed by atoms with E-state index < -0.39 is 28.8 Å². The average Bonchev–Trinajstić information content (AvgIpc) is 2.93. The maximum absolute atomic E-state index is 13.4. The molecule has 0 fully saturated rings. The van der Waals surface area contributed by atoms with Gasteiger partial charge in [0.1, 0.15) is 0 Å². The van der Waals surface area contributed by atoms with Gasteiger partial charge in [0.05, 0.1) is 4.90 Å². The van der Waals surface area contributed by atoms with Crippen LogP contribution in [0.2, 0.25) is 0 Å². The van der Waals surface area contributed by atoms with Gasteiger partial charge >= 0.3 is 7.60 Å². The van der Waals surface area contributed by atoms with Gasteiger partial charge in [-0.2, -0.15) is 0 Å². The number of rotatable bonds is 6. The van der Waals surface area contributed by atoms with Gasteiger partial charge in [-0.15, -0.1) is 0 Å².